The molecule has 5 aromatic rings. The largest absolute Gasteiger partial charge is 0.491 e. The van der Waals surface area contributed by atoms with Gasteiger partial charge >= 0.3 is 5.97 Å². The highest BCUT2D eigenvalue weighted by molar-refractivity contribution is 5.91. The molecule has 1 unspecified atom stereocenters. The third kappa shape index (κ3) is 4.41. The number of carboxylic acids is 1. The second kappa shape index (κ2) is 10.1. The molecule has 1 atom stereocenters. The van der Waals surface area contributed by atoms with Crippen LogP contribution in [0.4, 0.5) is 4.39 Å². The van der Waals surface area contributed by atoms with Gasteiger partial charge in [-0.2, -0.15) is 9.61 Å². The maximum absolute atomic E-state index is 14.2. The van der Waals surface area contributed by atoms with Crippen molar-refractivity contribution in [1.82, 2.24) is 24.1 Å². The standard InChI is InChI=1S/C30H30FN5O3/c1-3-39-24-17-35(2)29-25(24)27(20-11-9-19(10-12-20)26(31)30(37)38)34-28-22(16-33-36(28)29)21-13-14-23(32-15-21)18-7-5-4-6-8-18/h4-8,13-17,19-20,26H,3,9-12H2,1-2H3,(H,37,38). The molecular weight excluding hydrogens is 497 g/mol. The van der Waals surface area contributed by atoms with Crippen LogP contribution in [-0.4, -0.2) is 48.0 Å². The number of halogens is 1. The van der Waals surface area contributed by atoms with Gasteiger partial charge in [-0.1, -0.05) is 36.4 Å². The zero-order valence-electron chi connectivity index (χ0n) is 21.9. The van der Waals surface area contributed by atoms with Crippen molar-refractivity contribution in [3.8, 4) is 28.1 Å². The van der Waals surface area contributed by atoms with E-state index >= 15 is 0 Å². The number of rotatable bonds is 7. The predicted molar refractivity (Wildman–Crippen MR) is 147 cm³/mol. The number of hydrogen-bond donors (Lipinski definition) is 1. The summed E-state index contributed by atoms with van der Waals surface area (Å²) in [4.78, 5) is 21.1. The number of carbonyl (C=O) groups is 1. The lowest BCUT2D eigenvalue weighted by Gasteiger charge is -2.29. The van der Waals surface area contributed by atoms with Crippen molar-refractivity contribution < 1.29 is 19.0 Å². The first-order chi connectivity index (χ1) is 19.0. The first kappa shape index (κ1) is 25.0. The molecule has 1 N–H and O–H groups in total. The van der Waals surface area contributed by atoms with Crippen LogP contribution in [0.5, 0.6) is 5.75 Å². The lowest BCUT2D eigenvalue weighted by atomic mass is 9.78. The number of aliphatic carboxylic acids is 1. The fraction of sp³-hybridized carbons (Fsp3) is 0.333. The summed E-state index contributed by atoms with van der Waals surface area (Å²) in [6, 6.07) is 14.1. The van der Waals surface area contributed by atoms with Gasteiger partial charge in [-0.15, -0.1) is 0 Å². The molecule has 39 heavy (non-hydrogen) atoms. The summed E-state index contributed by atoms with van der Waals surface area (Å²) < 4.78 is 24.1. The molecule has 1 saturated carbocycles. The Morgan fingerprint density at radius 1 is 1.10 bits per heavy atom. The molecule has 0 aliphatic heterocycles. The number of hydrogen-bond acceptors (Lipinski definition) is 5. The molecule has 4 aromatic heterocycles. The molecule has 9 heteroatoms. The van der Waals surface area contributed by atoms with E-state index in [2.05, 4.69) is 0 Å². The van der Waals surface area contributed by atoms with Crippen LogP contribution in [0.1, 0.15) is 44.2 Å². The molecule has 1 fully saturated rings. The van der Waals surface area contributed by atoms with Gasteiger partial charge in [0.25, 0.3) is 0 Å². The van der Waals surface area contributed by atoms with Crippen molar-refractivity contribution in [3.63, 3.8) is 0 Å². The average molecular weight is 528 g/mol. The van der Waals surface area contributed by atoms with Crippen molar-refractivity contribution in [3.05, 3.63) is 66.7 Å². The zero-order valence-corrected chi connectivity index (χ0v) is 21.9. The summed E-state index contributed by atoms with van der Waals surface area (Å²) in [5.74, 6) is -1.06. The number of carboxylic acid groups (broad SMARTS) is 1. The highest BCUT2D eigenvalue weighted by Gasteiger charge is 2.34. The van der Waals surface area contributed by atoms with Crippen LogP contribution in [0.3, 0.4) is 0 Å². The highest BCUT2D eigenvalue weighted by Crippen LogP contribution is 2.43. The molecule has 0 saturated heterocycles. The second-order valence-corrected chi connectivity index (χ2v) is 10.2. The molecule has 0 radical (unpaired) electrons. The molecule has 0 spiro atoms. The summed E-state index contributed by atoms with van der Waals surface area (Å²) in [7, 11) is 1.96. The third-order valence-electron chi connectivity index (χ3n) is 7.79. The average Bonchev–Trinajstić information content (AvgIpc) is 3.54. The van der Waals surface area contributed by atoms with E-state index in [4.69, 9.17) is 24.9 Å². The smallest absolute Gasteiger partial charge is 0.338 e. The molecule has 1 aromatic carbocycles. The molecule has 1 aliphatic carbocycles. The Kier molecular flexibility index (Phi) is 6.50. The van der Waals surface area contributed by atoms with Gasteiger partial charge in [0.05, 0.1) is 29.6 Å². The number of ether oxygens (including phenoxy) is 1. The summed E-state index contributed by atoms with van der Waals surface area (Å²) in [6.07, 6.45) is 6.10. The van der Waals surface area contributed by atoms with Gasteiger partial charge in [0.2, 0.25) is 0 Å². The van der Waals surface area contributed by atoms with Gasteiger partial charge < -0.3 is 14.4 Å². The third-order valence-corrected chi connectivity index (χ3v) is 7.79. The van der Waals surface area contributed by atoms with Gasteiger partial charge in [0.15, 0.2) is 11.8 Å². The summed E-state index contributed by atoms with van der Waals surface area (Å²) >= 11 is 0. The van der Waals surface area contributed by atoms with Crippen LogP contribution >= 0.6 is 0 Å². The van der Waals surface area contributed by atoms with Crippen LogP contribution in [-0.2, 0) is 11.8 Å². The van der Waals surface area contributed by atoms with Crippen molar-refractivity contribution in [2.24, 2.45) is 13.0 Å². The van der Waals surface area contributed by atoms with Gasteiger partial charge in [-0.3, -0.25) is 4.98 Å². The van der Waals surface area contributed by atoms with E-state index in [0.29, 0.717) is 37.9 Å². The molecule has 4 heterocycles. The van der Waals surface area contributed by atoms with Crippen LogP contribution < -0.4 is 4.74 Å². The predicted octanol–water partition coefficient (Wildman–Crippen LogP) is 6.05. The first-order valence-corrected chi connectivity index (χ1v) is 13.3. The van der Waals surface area contributed by atoms with Gasteiger partial charge in [-0.05, 0) is 38.7 Å². The lowest BCUT2D eigenvalue weighted by Crippen LogP contribution is -2.28. The molecule has 200 valence electrons. The van der Waals surface area contributed by atoms with E-state index in [1.165, 1.54) is 0 Å². The minimum atomic E-state index is -1.83. The van der Waals surface area contributed by atoms with Gasteiger partial charge in [0.1, 0.15) is 11.4 Å². The Balaban J connectivity index is 1.44. The van der Waals surface area contributed by atoms with Crippen molar-refractivity contribution >= 4 is 22.6 Å². The monoisotopic (exact) mass is 527 g/mol. The first-order valence-electron chi connectivity index (χ1n) is 13.3. The van der Waals surface area contributed by atoms with Crippen molar-refractivity contribution in [2.75, 3.05) is 6.61 Å². The topological polar surface area (TPSA) is 94.5 Å². The molecule has 0 amide bonds. The van der Waals surface area contributed by atoms with Gasteiger partial charge in [0, 0.05) is 48.0 Å². The summed E-state index contributed by atoms with van der Waals surface area (Å²) in [5, 5.41) is 14.8. The Morgan fingerprint density at radius 2 is 1.87 bits per heavy atom. The van der Waals surface area contributed by atoms with Crippen molar-refractivity contribution in [2.45, 2.75) is 44.7 Å². The Bertz CT molecular complexity index is 1640. The Hall–Kier alpha value is -4.27. The quantitative estimate of drug-likeness (QED) is 0.277. The molecule has 0 bridgehead atoms. The van der Waals surface area contributed by atoms with E-state index < -0.39 is 18.1 Å². The van der Waals surface area contributed by atoms with E-state index in [-0.39, 0.29) is 5.92 Å². The molecule has 1 aliphatic rings. The number of benzene rings is 1. The fourth-order valence-corrected chi connectivity index (χ4v) is 5.84. The minimum Gasteiger partial charge on any atom is -0.491 e. The lowest BCUT2D eigenvalue weighted by molar-refractivity contribution is -0.145. The number of aromatic nitrogens is 5. The van der Waals surface area contributed by atoms with E-state index in [0.717, 1.165) is 44.9 Å². The maximum atomic E-state index is 14.2. The maximum Gasteiger partial charge on any atom is 0.338 e. The Morgan fingerprint density at radius 3 is 2.54 bits per heavy atom. The normalized spacial score (nSPS) is 18.4. The van der Waals surface area contributed by atoms with E-state index in [1.807, 2.05) is 84.1 Å². The highest BCUT2D eigenvalue weighted by atomic mass is 19.1. The molecule has 8 nitrogen and oxygen atoms in total. The number of pyridine rings is 1. The van der Waals surface area contributed by atoms with E-state index in [9.17, 15) is 9.18 Å². The number of alkyl halides is 1. The fourth-order valence-electron chi connectivity index (χ4n) is 5.84. The molecular formula is C30H30FN5O3. The SMILES string of the molecule is CCOc1cn(C)c2c1c(C1CCC(C(F)C(=O)O)CC1)nc1c(-c3ccc(-c4ccccc4)nc3)cnn12. The van der Waals surface area contributed by atoms with Crippen molar-refractivity contribution in [1.29, 1.82) is 0 Å². The van der Waals surface area contributed by atoms with Crippen LogP contribution in [0.2, 0.25) is 0 Å². The number of nitrogens with zero attached hydrogens (tertiary/aromatic N) is 5. The summed E-state index contributed by atoms with van der Waals surface area (Å²) in [5.41, 5.74) is 6.19. The second-order valence-electron chi connectivity index (χ2n) is 10.2. The number of aryl methyl sites for hydroxylation is 1. The zero-order chi connectivity index (χ0) is 27.1. The summed E-state index contributed by atoms with van der Waals surface area (Å²) in [6.45, 7) is 2.45. The minimum absolute atomic E-state index is 0.0534. The van der Waals surface area contributed by atoms with Crippen LogP contribution in [0.15, 0.2) is 61.1 Å². The van der Waals surface area contributed by atoms with Crippen LogP contribution in [0, 0.1) is 5.92 Å². The molecule has 6 rings (SSSR count). The number of fused-ring (bicyclic) bond motifs is 3. The Labute approximate surface area is 225 Å². The van der Waals surface area contributed by atoms with Gasteiger partial charge in [-0.25, -0.2) is 14.2 Å². The van der Waals surface area contributed by atoms with E-state index in [1.54, 1.807) is 0 Å². The van der Waals surface area contributed by atoms with Crippen LogP contribution in [0.25, 0.3) is 39.1 Å².